The van der Waals surface area contributed by atoms with Gasteiger partial charge >= 0.3 is 12.6 Å². The van der Waals surface area contributed by atoms with Gasteiger partial charge in [-0.1, -0.05) is 12.1 Å². The molecule has 0 saturated carbocycles. The molecule has 0 unspecified atom stereocenters. The van der Waals surface area contributed by atoms with Gasteiger partial charge in [-0.15, -0.1) is 0 Å². The molecule has 8 heteroatoms. The van der Waals surface area contributed by atoms with Crippen LogP contribution in [0.5, 0.6) is 5.75 Å². The molecular weight excluding hydrogens is 350 g/mol. The third-order valence-electron chi connectivity index (χ3n) is 2.44. The third kappa shape index (κ3) is 3.88. The van der Waals surface area contributed by atoms with E-state index < -0.39 is 12.6 Å². The Morgan fingerprint density at radius 1 is 1.38 bits per heavy atom. The number of pyridine rings is 1. The van der Waals surface area contributed by atoms with E-state index in [9.17, 15) is 13.6 Å². The number of carboxylic acid groups (broad SMARTS) is 1. The van der Waals surface area contributed by atoms with Crippen molar-refractivity contribution < 1.29 is 23.4 Å². The molecular formula is C13H9BrF2N2O3. The van der Waals surface area contributed by atoms with Gasteiger partial charge in [-0.05, 0) is 34.1 Å². The standard InChI is InChI=1S/C13H9BrF2N2O3/c14-7-5-8(12(19)20)11(17-6-7)18-9-3-1-2-4-10(9)21-13(15)16/h1-6,13H,(H,17,18)(H,19,20). The van der Waals surface area contributed by atoms with Gasteiger partial charge in [0.1, 0.15) is 17.1 Å². The van der Waals surface area contributed by atoms with Crippen LogP contribution in [-0.4, -0.2) is 22.7 Å². The van der Waals surface area contributed by atoms with E-state index in [4.69, 9.17) is 5.11 Å². The maximum atomic E-state index is 12.3. The van der Waals surface area contributed by atoms with Gasteiger partial charge in [-0.3, -0.25) is 0 Å². The molecule has 1 aromatic heterocycles. The maximum absolute atomic E-state index is 12.3. The van der Waals surface area contributed by atoms with Crippen LogP contribution in [0.3, 0.4) is 0 Å². The molecule has 2 N–H and O–H groups in total. The molecule has 2 aromatic rings. The third-order valence-corrected chi connectivity index (χ3v) is 2.87. The largest absolute Gasteiger partial charge is 0.478 e. The van der Waals surface area contributed by atoms with Crippen LogP contribution in [0.25, 0.3) is 0 Å². The van der Waals surface area contributed by atoms with Gasteiger partial charge in [0.05, 0.1) is 5.69 Å². The summed E-state index contributed by atoms with van der Waals surface area (Å²) in [6.07, 6.45) is 1.39. The number of halogens is 3. The SMILES string of the molecule is O=C(O)c1cc(Br)cnc1Nc1ccccc1OC(F)F. The Morgan fingerprint density at radius 3 is 2.76 bits per heavy atom. The summed E-state index contributed by atoms with van der Waals surface area (Å²) in [5.41, 5.74) is 0.0892. The van der Waals surface area contributed by atoms with Crippen LogP contribution in [0.4, 0.5) is 20.3 Å². The Balaban J connectivity index is 2.37. The van der Waals surface area contributed by atoms with E-state index in [2.05, 4.69) is 31.0 Å². The van der Waals surface area contributed by atoms with E-state index in [1.54, 1.807) is 6.07 Å². The number of benzene rings is 1. The average molecular weight is 359 g/mol. The van der Waals surface area contributed by atoms with E-state index in [0.717, 1.165) is 0 Å². The van der Waals surface area contributed by atoms with E-state index in [1.807, 2.05) is 0 Å². The van der Waals surface area contributed by atoms with E-state index in [-0.39, 0.29) is 22.8 Å². The molecule has 110 valence electrons. The first-order valence-electron chi connectivity index (χ1n) is 5.67. The fourth-order valence-electron chi connectivity index (χ4n) is 1.60. The van der Waals surface area contributed by atoms with Crippen LogP contribution in [0.15, 0.2) is 41.0 Å². The lowest BCUT2D eigenvalue weighted by Gasteiger charge is -2.13. The number of anilines is 2. The summed E-state index contributed by atoms with van der Waals surface area (Å²) in [6.45, 7) is -2.98. The minimum Gasteiger partial charge on any atom is -0.478 e. The van der Waals surface area contributed by atoms with Crippen LogP contribution < -0.4 is 10.1 Å². The predicted octanol–water partition coefficient (Wildman–Crippen LogP) is 3.89. The highest BCUT2D eigenvalue weighted by Crippen LogP contribution is 2.30. The maximum Gasteiger partial charge on any atom is 0.387 e. The molecule has 1 heterocycles. The number of carbonyl (C=O) groups is 1. The highest BCUT2D eigenvalue weighted by molar-refractivity contribution is 9.10. The highest BCUT2D eigenvalue weighted by atomic mass is 79.9. The van der Waals surface area contributed by atoms with E-state index >= 15 is 0 Å². The first kappa shape index (κ1) is 15.2. The number of nitrogens with one attached hydrogen (secondary N) is 1. The molecule has 1 aromatic carbocycles. The lowest BCUT2D eigenvalue weighted by molar-refractivity contribution is -0.0493. The highest BCUT2D eigenvalue weighted by Gasteiger charge is 2.15. The van der Waals surface area contributed by atoms with Crippen LogP contribution in [0.2, 0.25) is 0 Å². The molecule has 0 aliphatic heterocycles. The van der Waals surface area contributed by atoms with Gasteiger partial charge in [-0.2, -0.15) is 8.78 Å². The molecule has 0 saturated heterocycles. The van der Waals surface area contributed by atoms with Crippen LogP contribution in [-0.2, 0) is 0 Å². The zero-order valence-corrected chi connectivity index (χ0v) is 12.0. The molecule has 0 radical (unpaired) electrons. The van der Waals surface area contributed by atoms with Crippen LogP contribution in [0, 0.1) is 0 Å². The number of aromatic carboxylic acids is 1. The topological polar surface area (TPSA) is 71.5 Å². The second kappa shape index (κ2) is 6.49. The Morgan fingerprint density at radius 2 is 2.10 bits per heavy atom. The van der Waals surface area contributed by atoms with Crippen molar-refractivity contribution in [2.24, 2.45) is 0 Å². The minimum atomic E-state index is -2.98. The average Bonchev–Trinajstić information content (AvgIpc) is 2.42. The number of alkyl halides is 2. The fourth-order valence-corrected chi connectivity index (χ4v) is 1.93. The van der Waals surface area contributed by atoms with Crippen molar-refractivity contribution >= 4 is 33.4 Å². The lowest BCUT2D eigenvalue weighted by Crippen LogP contribution is -2.07. The van der Waals surface area contributed by atoms with Gasteiger partial charge in [0.25, 0.3) is 0 Å². The quantitative estimate of drug-likeness (QED) is 0.848. The first-order valence-corrected chi connectivity index (χ1v) is 6.46. The minimum absolute atomic E-state index is 0.0241. The van der Waals surface area contributed by atoms with Crippen molar-refractivity contribution in [3.8, 4) is 5.75 Å². The van der Waals surface area contributed by atoms with E-state index in [1.165, 1.54) is 30.5 Å². The molecule has 2 rings (SSSR count). The fraction of sp³-hybridized carbons (Fsp3) is 0.0769. The summed E-state index contributed by atoms with van der Waals surface area (Å²) in [5, 5.41) is 11.8. The number of rotatable bonds is 5. The summed E-state index contributed by atoms with van der Waals surface area (Å²) in [4.78, 5) is 15.1. The zero-order valence-electron chi connectivity index (χ0n) is 10.4. The summed E-state index contributed by atoms with van der Waals surface area (Å²) in [6, 6.07) is 7.30. The molecule has 0 fully saturated rings. The number of para-hydroxylation sites is 2. The first-order chi connectivity index (χ1) is 9.97. The smallest absolute Gasteiger partial charge is 0.387 e. The van der Waals surface area contributed by atoms with E-state index in [0.29, 0.717) is 4.47 Å². The lowest BCUT2D eigenvalue weighted by atomic mass is 10.2. The summed E-state index contributed by atoms with van der Waals surface area (Å²) in [5.74, 6) is -1.27. The van der Waals surface area contributed by atoms with Crippen LogP contribution >= 0.6 is 15.9 Å². The molecule has 0 spiro atoms. The molecule has 21 heavy (non-hydrogen) atoms. The predicted molar refractivity (Wildman–Crippen MR) is 75.3 cm³/mol. The summed E-state index contributed by atoms with van der Waals surface area (Å²) >= 11 is 3.12. The van der Waals surface area contributed by atoms with Crippen molar-refractivity contribution in [3.05, 3.63) is 46.6 Å². The Hall–Kier alpha value is -2.22. The van der Waals surface area contributed by atoms with Crippen molar-refractivity contribution in [2.75, 3.05) is 5.32 Å². The number of nitrogens with zero attached hydrogens (tertiary/aromatic N) is 1. The van der Waals surface area contributed by atoms with Crippen molar-refractivity contribution in [2.45, 2.75) is 6.61 Å². The summed E-state index contributed by atoms with van der Waals surface area (Å²) < 4.78 is 29.5. The van der Waals surface area contributed by atoms with Gasteiger partial charge in [0.15, 0.2) is 0 Å². The molecule has 0 amide bonds. The number of ether oxygens (including phenoxy) is 1. The molecule has 0 aliphatic rings. The Bertz CT molecular complexity index is 668. The van der Waals surface area contributed by atoms with Gasteiger partial charge in [0.2, 0.25) is 0 Å². The number of aromatic nitrogens is 1. The van der Waals surface area contributed by atoms with Crippen LogP contribution in [0.1, 0.15) is 10.4 Å². The second-order valence-corrected chi connectivity index (χ2v) is 4.77. The Labute approximate surface area is 126 Å². The summed E-state index contributed by atoms with van der Waals surface area (Å²) in [7, 11) is 0. The monoisotopic (exact) mass is 358 g/mol. The number of hydrogen-bond donors (Lipinski definition) is 2. The van der Waals surface area contributed by atoms with Crippen molar-refractivity contribution in [1.29, 1.82) is 0 Å². The second-order valence-electron chi connectivity index (χ2n) is 3.85. The van der Waals surface area contributed by atoms with Gasteiger partial charge in [0, 0.05) is 10.7 Å². The van der Waals surface area contributed by atoms with Gasteiger partial charge in [-0.25, -0.2) is 9.78 Å². The normalized spacial score (nSPS) is 10.5. The Kier molecular flexibility index (Phi) is 4.69. The molecule has 5 nitrogen and oxygen atoms in total. The molecule has 0 aliphatic carbocycles. The number of carboxylic acids is 1. The van der Waals surface area contributed by atoms with Crippen molar-refractivity contribution in [1.82, 2.24) is 4.98 Å². The molecule has 0 bridgehead atoms. The number of hydrogen-bond acceptors (Lipinski definition) is 4. The van der Waals surface area contributed by atoms with Crippen molar-refractivity contribution in [3.63, 3.8) is 0 Å². The van der Waals surface area contributed by atoms with Gasteiger partial charge < -0.3 is 15.2 Å². The zero-order chi connectivity index (χ0) is 15.4. The molecule has 0 atom stereocenters.